The van der Waals surface area contributed by atoms with E-state index in [4.69, 9.17) is 9.90 Å². The van der Waals surface area contributed by atoms with E-state index in [1.807, 2.05) is 6.92 Å². The second-order valence-corrected chi connectivity index (χ2v) is 8.35. The van der Waals surface area contributed by atoms with Gasteiger partial charge in [-0.2, -0.15) is 23.4 Å². The van der Waals surface area contributed by atoms with Crippen molar-refractivity contribution >= 4 is 22.9 Å². The van der Waals surface area contributed by atoms with Crippen molar-refractivity contribution in [3.8, 4) is 11.3 Å². The lowest BCUT2D eigenvalue weighted by atomic mass is 9.95. The number of carbonyl (C=O) groups excluding carboxylic acids is 1. The molecule has 4 heterocycles. The van der Waals surface area contributed by atoms with Crippen LogP contribution >= 0.6 is 0 Å². The van der Waals surface area contributed by atoms with Gasteiger partial charge in [0.15, 0.2) is 23.1 Å². The molecule has 4 aromatic rings. The molecule has 0 fully saturated rings. The van der Waals surface area contributed by atoms with Gasteiger partial charge in [-0.3, -0.25) is 14.6 Å². The number of hydrogen-bond acceptors (Lipinski definition) is 5. The van der Waals surface area contributed by atoms with Gasteiger partial charge in [0, 0.05) is 36.3 Å². The fourth-order valence-corrected chi connectivity index (χ4v) is 4.19. The number of nitrogens with zero attached hydrogens (tertiary/aromatic N) is 5. The average molecular weight is 540 g/mol. The summed E-state index contributed by atoms with van der Waals surface area (Å²) in [6.45, 7) is 2.24. The Morgan fingerprint density at radius 2 is 1.74 bits per heavy atom. The molecule has 9 nitrogen and oxygen atoms in total. The van der Waals surface area contributed by atoms with Crippen molar-refractivity contribution in [1.29, 1.82) is 0 Å². The Labute approximate surface area is 209 Å². The van der Waals surface area contributed by atoms with Gasteiger partial charge < -0.3 is 10.0 Å². The lowest BCUT2D eigenvalue weighted by Gasteiger charge is -2.33. The van der Waals surface area contributed by atoms with Crippen molar-refractivity contribution in [2.24, 2.45) is 7.05 Å². The number of aromatic amines is 1. The number of amides is 1. The number of aryl methyl sites for hydroxylation is 1. The van der Waals surface area contributed by atoms with Crippen molar-refractivity contribution in [1.82, 2.24) is 29.9 Å². The molecule has 5 rings (SSSR count). The van der Waals surface area contributed by atoms with E-state index in [0.29, 0.717) is 35.6 Å². The Kier molecular flexibility index (Phi) is 6.86. The predicted molar refractivity (Wildman–Crippen MR) is 119 cm³/mol. The highest BCUT2D eigenvalue weighted by atomic mass is 19.4. The summed E-state index contributed by atoms with van der Waals surface area (Å²) in [6, 6.07) is 3.28. The molecule has 0 saturated carbocycles. The van der Waals surface area contributed by atoms with Crippen molar-refractivity contribution in [3.05, 3.63) is 64.9 Å². The largest absolute Gasteiger partial charge is 0.490 e. The SMILES string of the molecule is C[C@H]1c2nn(C)c(-c3cc(F)c(F)c(F)c3)c2CCN1C(=O)c1cnc2[nH]ncc2c1.O=C(O)C(F)(F)F. The van der Waals surface area contributed by atoms with E-state index in [9.17, 15) is 31.1 Å². The molecule has 200 valence electrons. The second kappa shape index (κ2) is 9.79. The molecule has 0 spiro atoms. The molecule has 38 heavy (non-hydrogen) atoms. The number of alkyl halides is 3. The van der Waals surface area contributed by atoms with E-state index in [2.05, 4.69) is 20.3 Å². The Morgan fingerprint density at radius 3 is 2.34 bits per heavy atom. The van der Waals surface area contributed by atoms with Gasteiger partial charge in [-0.05, 0) is 31.5 Å². The zero-order valence-corrected chi connectivity index (χ0v) is 19.6. The summed E-state index contributed by atoms with van der Waals surface area (Å²) in [5.74, 6) is -6.97. The standard InChI is InChI=1S/C21H17F3N6O.C2HF3O2/c1-10-18-14(19(29(2)28-18)11-6-15(22)17(24)16(23)7-11)3-4-30(10)21(31)13-5-12-9-26-27-20(12)25-8-13;3-2(4,5)1(6)7/h5-10H,3-4H2,1-2H3,(H,25,26,27);(H,6,7)/t10-;/m0./s1. The van der Waals surface area contributed by atoms with Crippen LogP contribution in [-0.4, -0.2) is 59.6 Å². The van der Waals surface area contributed by atoms with Gasteiger partial charge in [0.2, 0.25) is 0 Å². The van der Waals surface area contributed by atoms with Crippen molar-refractivity contribution < 1.29 is 41.0 Å². The van der Waals surface area contributed by atoms with Crippen LogP contribution in [0.2, 0.25) is 0 Å². The number of halogens is 6. The predicted octanol–water partition coefficient (Wildman–Crippen LogP) is 4.17. The molecule has 0 aliphatic carbocycles. The number of aromatic nitrogens is 5. The number of pyridine rings is 1. The highest BCUT2D eigenvalue weighted by Crippen LogP contribution is 2.36. The van der Waals surface area contributed by atoms with Gasteiger partial charge in [-0.25, -0.2) is 22.9 Å². The summed E-state index contributed by atoms with van der Waals surface area (Å²) in [4.78, 5) is 28.0. The van der Waals surface area contributed by atoms with Crippen LogP contribution < -0.4 is 0 Å². The number of benzene rings is 1. The van der Waals surface area contributed by atoms with Crippen LogP contribution in [0.15, 0.2) is 30.6 Å². The molecular weight excluding hydrogens is 522 g/mol. The fraction of sp³-hybridized carbons (Fsp3) is 0.261. The first-order valence-electron chi connectivity index (χ1n) is 10.9. The van der Waals surface area contributed by atoms with Crippen molar-refractivity contribution in [2.75, 3.05) is 6.54 Å². The number of fused-ring (bicyclic) bond motifs is 2. The molecule has 0 bridgehead atoms. The third-order valence-corrected chi connectivity index (χ3v) is 5.94. The summed E-state index contributed by atoms with van der Waals surface area (Å²) in [5, 5.41) is 19.0. The molecule has 1 aliphatic rings. The molecular formula is C23H18F6N6O3. The lowest BCUT2D eigenvalue weighted by molar-refractivity contribution is -0.192. The molecule has 2 N–H and O–H groups in total. The van der Waals surface area contributed by atoms with Gasteiger partial charge >= 0.3 is 12.1 Å². The highest BCUT2D eigenvalue weighted by molar-refractivity contribution is 5.97. The van der Waals surface area contributed by atoms with Crippen LogP contribution in [0.1, 0.15) is 34.6 Å². The zero-order chi connectivity index (χ0) is 27.9. The average Bonchev–Trinajstić information content (AvgIpc) is 3.45. The summed E-state index contributed by atoms with van der Waals surface area (Å²) in [6.07, 6.45) is -1.54. The van der Waals surface area contributed by atoms with E-state index in [0.717, 1.165) is 23.1 Å². The number of nitrogens with one attached hydrogen (secondary N) is 1. The number of rotatable bonds is 2. The maximum absolute atomic E-state index is 13.8. The summed E-state index contributed by atoms with van der Waals surface area (Å²) < 4.78 is 74.3. The monoisotopic (exact) mass is 540 g/mol. The van der Waals surface area contributed by atoms with Gasteiger partial charge in [0.05, 0.1) is 29.2 Å². The van der Waals surface area contributed by atoms with Crippen LogP contribution in [-0.2, 0) is 18.3 Å². The topological polar surface area (TPSA) is 117 Å². The van der Waals surface area contributed by atoms with Crippen LogP contribution in [0.4, 0.5) is 26.3 Å². The number of carboxylic acid groups (broad SMARTS) is 1. The Bertz CT molecular complexity index is 1520. The molecule has 1 aliphatic heterocycles. The summed E-state index contributed by atoms with van der Waals surface area (Å²) in [5.41, 5.74) is 3.16. The minimum absolute atomic E-state index is 0.195. The van der Waals surface area contributed by atoms with Crippen molar-refractivity contribution in [2.45, 2.75) is 25.6 Å². The number of carboxylic acids is 1. The van der Waals surface area contributed by atoms with Gasteiger partial charge in [0.1, 0.15) is 0 Å². The summed E-state index contributed by atoms with van der Waals surface area (Å²) in [7, 11) is 1.66. The number of H-pyrrole nitrogens is 1. The van der Waals surface area contributed by atoms with Crippen LogP contribution in [0, 0.1) is 17.5 Å². The third kappa shape index (κ3) is 4.90. The molecule has 0 unspecified atom stereocenters. The first kappa shape index (κ1) is 26.6. The van der Waals surface area contributed by atoms with Gasteiger partial charge in [-0.15, -0.1) is 0 Å². The number of hydrogen-bond donors (Lipinski definition) is 2. The van der Waals surface area contributed by atoms with E-state index in [1.165, 1.54) is 10.9 Å². The Balaban J connectivity index is 0.000000426. The van der Waals surface area contributed by atoms with E-state index in [1.54, 1.807) is 24.2 Å². The summed E-state index contributed by atoms with van der Waals surface area (Å²) >= 11 is 0. The molecule has 0 saturated heterocycles. The first-order chi connectivity index (χ1) is 17.8. The van der Waals surface area contributed by atoms with Crippen LogP contribution in [0.3, 0.4) is 0 Å². The van der Waals surface area contributed by atoms with Crippen molar-refractivity contribution in [3.63, 3.8) is 0 Å². The minimum Gasteiger partial charge on any atom is -0.475 e. The molecule has 15 heteroatoms. The molecule has 1 amide bonds. The van der Waals surface area contributed by atoms with E-state index in [-0.39, 0.29) is 17.5 Å². The Morgan fingerprint density at radius 1 is 1.11 bits per heavy atom. The van der Waals surface area contributed by atoms with Gasteiger partial charge in [-0.1, -0.05) is 0 Å². The van der Waals surface area contributed by atoms with E-state index < -0.39 is 29.6 Å². The maximum atomic E-state index is 13.8. The highest BCUT2D eigenvalue weighted by Gasteiger charge is 2.38. The van der Waals surface area contributed by atoms with Crippen LogP contribution in [0.5, 0.6) is 0 Å². The smallest absolute Gasteiger partial charge is 0.475 e. The Hall–Kier alpha value is -4.43. The maximum Gasteiger partial charge on any atom is 0.490 e. The van der Waals surface area contributed by atoms with E-state index >= 15 is 0 Å². The van der Waals surface area contributed by atoms with Gasteiger partial charge in [0.25, 0.3) is 5.91 Å². The number of aliphatic carboxylic acids is 1. The quantitative estimate of drug-likeness (QED) is 0.291. The molecule has 0 radical (unpaired) electrons. The molecule has 3 aromatic heterocycles. The fourth-order valence-electron chi connectivity index (χ4n) is 4.19. The minimum atomic E-state index is -5.08. The number of carbonyl (C=O) groups is 2. The zero-order valence-electron chi connectivity index (χ0n) is 19.6. The molecule has 1 aromatic carbocycles. The normalized spacial score (nSPS) is 15.2. The molecule has 1 atom stereocenters. The lowest BCUT2D eigenvalue weighted by Crippen LogP contribution is -2.39. The third-order valence-electron chi connectivity index (χ3n) is 5.94. The van der Waals surface area contributed by atoms with Crippen LogP contribution in [0.25, 0.3) is 22.3 Å². The first-order valence-corrected chi connectivity index (χ1v) is 10.9. The second-order valence-electron chi connectivity index (χ2n) is 8.35.